The third-order valence-corrected chi connectivity index (χ3v) is 8.98. The van der Waals surface area contributed by atoms with Crippen molar-refractivity contribution in [1.29, 1.82) is 0 Å². The van der Waals surface area contributed by atoms with Gasteiger partial charge in [0.05, 0.1) is 11.4 Å². The number of carboxylic acids is 2. The number of aliphatic carboxylic acids is 2. The minimum Gasteiger partial charge on any atom is -0.492 e. The lowest BCUT2D eigenvalue weighted by molar-refractivity contribution is -0.133. The monoisotopic (exact) mass is 763 g/mol. The van der Waals surface area contributed by atoms with Gasteiger partial charge in [0, 0.05) is 28.8 Å². The summed E-state index contributed by atoms with van der Waals surface area (Å²) in [5.74, 6) is -0.986. The lowest BCUT2D eigenvalue weighted by Crippen LogP contribution is -2.17. The molecule has 288 valence electrons. The summed E-state index contributed by atoms with van der Waals surface area (Å²) >= 11 is 0. The molecule has 0 spiro atoms. The predicted octanol–water partition coefficient (Wildman–Crippen LogP) is 7.34. The fourth-order valence-electron chi connectivity index (χ4n) is 6.28. The van der Waals surface area contributed by atoms with E-state index in [9.17, 15) is 28.0 Å². The van der Waals surface area contributed by atoms with Crippen LogP contribution in [0.5, 0.6) is 11.5 Å². The first kappa shape index (κ1) is 40.4. The Labute approximate surface area is 321 Å². The number of halogens is 2. The van der Waals surface area contributed by atoms with Crippen molar-refractivity contribution in [3.05, 3.63) is 119 Å². The number of hydrogen-bond acceptors (Lipinski definition) is 7. The smallest absolute Gasteiger partial charge is 0.332 e. The molecule has 2 amide bonds. The second-order valence-corrected chi connectivity index (χ2v) is 12.7. The Morgan fingerprint density at radius 2 is 1.07 bits per heavy atom. The van der Waals surface area contributed by atoms with Crippen molar-refractivity contribution in [3.8, 4) is 46.1 Å². The number of anilines is 2. The molecule has 0 aliphatic heterocycles. The fourth-order valence-corrected chi connectivity index (χ4v) is 6.28. The SMILES string of the molecule is C#CCOc1cccc(-c2ccc(NC(=O)C3=C(C(=O)O)CCC3)c(F)c2)c1.NCCOc1cccc(-c2ccc(NC(=O)C3=C(C(=O)O)CCC3)c(F)c2)c1. The molecule has 56 heavy (non-hydrogen) atoms. The van der Waals surface area contributed by atoms with E-state index in [1.807, 2.05) is 6.07 Å². The highest BCUT2D eigenvalue weighted by Gasteiger charge is 2.27. The van der Waals surface area contributed by atoms with Crippen LogP contribution in [0.3, 0.4) is 0 Å². The van der Waals surface area contributed by atoms with E-state index in [4.69, 9.17) is 31.8 Å². The van der Waals surface area contributed by atoms with E-state index < -0.39 is 35.4 Å². The van der Waals surface area contributed by atoms with Gasteiger partial charge in [-0.25, -0.2) is 18.4 Å². The number of amides is 2. The van der Waals surface area contributed by atoms with Gasteiger partial charge >= 0.3 is 11.9 Å². The Bertz CT molecular complexity index is 2260. The van der Waals surface area contributed by atoms with Crippen molar-refractivity contribution < 1.29 is 47.6 Å². The van der Waals surface area contributed by atoms with Crippen molar-refractivity contribution in [2.75, 3.05) is 30.4 Å². The first-order valence-electron chi connectivity index (χ1n) is 17.7. The molecule has 0 radical (unpaired) electrons. The van der Waals surface area contributed by atoms with Gasteiger partial charge in [-0.15, -0.1) is 6.42 Å². The molecule has 0 saturated heterocycles. The summed E-state index contributed by atoms with van der Waals surface area (Å²) in [7, 11) is 0. The topological polar surface area (TPSA) is 177 Å². The molecule has 0 unspecified atom stereocenters. The quantitative estimate of drug-likeness (QED) is 0.0872. The molecule has 0 aromatic heterocycles. The van der Waals surface area contributed by atoms with Gasteiger partial charge in [-0.2, -0.15) is 0 Å². The van der Waals surface area contributed by atoms with E-state index in [0.29, 0.717) is 74.3 Å². The lowest BCUT2D eigenvalue weighted by Gasteiger charge is -2.11. The lowest BCUT2D eigenvalue weighted by atomic mass is 10.0. The highest BCUT2D eigenvalue weighted by Crippen LogP contribution is 2.32. The molecule has 0 bridgehead atoms. The molecule has 2 aliphatic rings. The van der Waals surface area contributed by atoms with Crippen LogP contribution in [-0.2, 0) is 19.2 Å². The molecule has 13 heteroatoms. The molecule has 6 rings (SSSR count). The van der Waals surface area contributed by atoms with Crippen molar-refractivity contribution in [2.24, 2.45) is 5.73 Å². The number of ether oxygens (including phenoxy) is 2. The van der Waals surface area contributed by atoms with Gasteiger partial charge in [-0.05, 0) is 109 Å². The number of hydrogen-bond donors (Lipinski definition) is 5. The Morgan fingerprint density at radius 1 is 0.643 bits per heavy atom. The number of benzene rings is 4. The first-order chi connectivity index (χ1) is 27.0. The van der Waals surface area contributed by atoms with Crippen LogP contribution in [0.1, 0.15) is 38.5 Å². The minimum atomic E-state index is -1.11. The van der Waals surface area contributed by atoms with E-state index in [1.54, 1.807) is 54.6 Å². The van der Waals surface area contributed by atoms with Crippen molar-refractivity contribution in [2.45, 2.75) is 38.5 Å². The Morgan fingerprint density at radius 3 is 1.48 bits per heavy atom. The van der Waals surface area contributed by atoms with Gasteiger partial charge in [0.2, 0.25) is 0 Å². The highest BCUT2D eigenvalue weighted by molar-refractivity contribution is 6.10. The van der Waals surface area contributed by atoms with Crippen LogP contribution in [0, 0.1) is 24.0 Å². The molecule has 6 N–H and O–H groups in total. The summed E-state index contributed by atoms with van der Waals surface area (Å²) in [5.41, 5.74) is 8.77. The Hall–Kier alpha value is -6.78. The molecule has 4 aromatic carbocycles. The molecule has 0 heterocycles. The molecule has 11 nitrogen and oxygen atoms in total. The van der Waals surface area contributed by atoms with Crippen LogP contribution in [0.2, 0.25) is 0 Å². The largest absolute Gasteiger partial charge is 0.492 e. The van der Waals surface area contributed by atoms with Gasteiger partial charge in [0.25, 0.3) is 11.8 Å². The number of nitrogens with one attached hydrogen (secondary N) is 2. The summed E-state index contributed by atoms with van der Waals surface area (Å²) < 4.78 is 39.9. The Balaban J connectivity index is 0.000000214. The molecule has 4 aromatic rings. The van der Waals surface area contributed by atoms with Crippen LogP contribution in [-0.4, -0.2) is 53.7 Å². The van der Waals surface area contributed by atoms with E-state index in [0.717, 1.165) is 11.1 Å². The van der Waals surface area contributed by atoms with Gasteiger partial charge in [-0.1, -0.05) is 42.3 Å². The summed E-state index contributed by atoms with van der Waals surface area (Å²) in [6.45, 7) is 0.918. The standard InChI is InChI=1S/C22H18FNO4.C21H21FN2O4/c1-2-11-28-16-6-3-5-14(12-16)15-9-10-20(19(23)13-15)24-21(25)17-7-4-8-18(17)22(26)27;22-18-12-14(13-3-1-4-15(11-13)28-10-9-23)7-8-19(18)24-20(25)16-5-2-6-17(16)21(26)27/h1,3,5-6,9-10,12-13H,4,7-8,11H2,(H,24,25)(H,26,27);1,3-4,7-8,11-12H,2,5-6,9-10,23H2,(H,24,25)(H,26,27). The zero-order valence-electron chi connectivity index (χ0n) is 30.2. The zero-order valence-corrected chi connectivity index (χ0v) is 30.2. The second kappa shape index (κ2) is 19.0. The Kier molecular flexibility index (Phi) is 13.7. The fraction of sp³-hybridized carbons (Fsp3) is 0.209. The number of carbonyl (C=O) groups excluding carboxylic acids is 2. The van der Waals surface area contributed by atoms with E-state index in [1.165, 1.54) is 24.3 Å². The number of carboxylic acid groups (broad SMARTS) is 2. The van der Waals surface area contributed by atoms with Crippen LogP contribution >= 0.6 is 0 Å². The van der Waals surface area contributed by atoms with Crippen LogP contribution in [0.15, 0.2) is 107 Å². The molecule has 0 saturated carbocycles. The second-order valence-electron chi connectivity index (χ2n) is 12.7. The normalized spacial score (nSPS) is 13.3. The molecule has 0 atom stereocenters. The highest BCUT2D eigenvalue weighted by atomic mass is 19.1. The average Bonchev–Trinajstić information content (AvgIpc) is 3.90. The summed E-state index contributed by atoms with van der Waals surface area (Å²) in [6.07, 6.45) is 7.83. The van der Waals surface area contributed by atoms with Gasteiger partial charge < -0.3 is 36.1 Å². The maximum absolute atomic E-state index is 14.5. The van der Waals surface area contributed by atoms with Crippen molar-refractivity contribution >= 4 is 35.1 Å². The van der Waals surface area contributed by atoms with Crippen LogP contribution < -0.4 is 25.8 Å². The predicted molar refractivity (Wildman–Crippen MR) is 207 cm³/mol. The number of rotatable bonds is 13. The van der Waals surface area contributed by atoms with E-state index in [-0.39, 0.29) is 40.3 Å². The van der Waals surface area contributed by atoms with E-state index in [2.05, 4.69) is 16.6 Å². The third-order valence-electron chi connectivity index (χ3n) is 8.98. The number of nitrogens with two attached hydrogens (primary N) is 1. The van der Waals surface area contributed by atoms with Crippen LogP contribution in [0.4, 0.5) is 20.2 Å². The maximum atomic E-state index is 14.5. The van der Waals surface area contributed by atoms with E-state index >= 15 is 0 Å². The number of terminal acetylenes is 1. The molecular formula is C43H39F2N3O8. The summed E-state index contributed by atoms with van der Waals surface area (Å²) in [6, 6.07) is 23.2. The maximum Gasteiger partial charge on any atom is 0.332 e. The van der Waals surface area contributed by atoms with Crippen LogP contribution in [0.25, 0.3) is 22.3 Å². The van der Waals surface area contributed by atoms with Crippen molar-refractivity contribution in [3.63, 3.8) is 0 Å². The molecule has 0 fully saturated rings. The van der Waals surface area contributed by atoms with Gasteiger partial charge in [-0.3, -0.25) is 9.59 Å². The summed E-state index contributed by atoms with van der Waals surface area (Å²) in [5, 5.41) is 23.3. The molecule has 2 aliphatic carbocycles. The number of carbonyl (C=O) groups is 4. The zero-order chi connectivity index (χ0) is 40.2. The van der Waals surface area contributed by atoms with Gasteiger partial charge in [0.15, 0.2) is 0 Å². The summed E-state index contributed by atoms with van der Waals surface area (Å²) in [4.78, 5) is 47.1. The van der Waals surface area contributed by atoms with Crippen molar-refractivity contribution in [1.82, 2.24) is 0 Å². The third kappa shape index (κ3) is 10.2. The van der Waals surface area contributed by atoms with Gasteiger partial charge in [0.1, 0.15) is 36.3 Å². The first-order valence-corrected chi connectivity index (χ1v) is 17.7. The minimum absolute atomic E-state index is 0.00220. The average molecular weight is 764 g/mol. The molecular weight excluding hydrogens is 724 g/mol.